The van der Waals surface area contributed by atoms with Gasteiger partial charge in [-0.1, -0.05) is 12.1 Å². The molecule has 1 fully saturated rings. The predicted molar refractivity (Wildman–Crippen MR) is 68.1 cm³/mol. The highest BCUT2D eigenvalue weighted by Crippen LogP contribution is 2.33. The van der Waals surface area contributed by atoms with Crippen LogP contribution in [0.4, 0.5) is 4.39 Å². The van der Waals surface area contributed by atoms with Gasteiger partial charge >= 0.3 is 0 Å². The van der Waals surface area contributed by atoms with Crippen molar-refractivity contribution in [2.75, 3.05) is 6.54 Å². The maximum Gasteiger partial charge on any atom is 0.290 e. The van der Waals surface area contributed by atoms with Gasteiger partial charge in [-0.15, -0.1) is 0 Å². The van der Waals surface area contributed by atoms with Crippen molar-refractivity contribution in [1.82, 2.24) is 4.90 Å². The summed E-state index contributed by atoms with van der Waals surface area (Å²) in [5.41, 5.74) is 0.845. The summed E-state index contributed by atoms with van der Waals surface area (Å²) in [5, 5.41) is 0. The first-order valence-corrected chi connectivity index (χ1v) is 6.35. The van der Waals surface area contributed by atoms with Crippen LogP contribution in [0.25, 0.3) is 0 Å². The van der Waals surface area contributed by atoms with Crippen molar-refractivity contribution in [2.24, 2.45) is 0 Å². The van der Waals surface area contributed by atoms with Gasteiger partial charge in [0.25, 0.3) is 5.91 Å². The summed E-state index contributed by atoms with van der Waals surface area (Å²) >= 11 is 0. The van der Waals surface area contributed by atoms with Crippen LogP contribution in [0.5, 0.6) is 0 Å². The fourth-order valence-corrected chi connectivity index (χ4v) is 2.61. The van der Waals surface area contributed by atoms with Crippen molar-refractivity contribution in [3.63, 3.8) is 0 Å². The molecule has 0 spiro atoms. The zero-order valence-electron chi connectivity index (χ0n) is 10.4. The van der Waals surface area contributed by atoms with E-state index in [1.54, 1.807) is 23.1 Å². The fourth-order valence-electron chi connectivity index (χ4n) is 2.61. The molecule has 0 saturated carbocycles. The van der Waals surface area contributed by atoms with Crippen molar-refractivity contribution in [2.45, 2.75) is 18.9 Å². The first-order chi connectivity index (χ1) is 9.25. The molecule has 2 aromatic rings. The van der Waals surface area contributed by atoms with E-state index in [9.17, 15) is 9.18 Å². The summed E-state index contributed by atoms with van der Waals surface area (Å²) in [6.45, 7) is 0.681. The minimum Gasteiger partial charge on any atom is -0.459 e. The molecule has 1 aliphatic heterocycles. The number of benzene rings is 1. The molecule has 1 aliphatic rings. The molecule has 1 aromatic carbocycles. The van der Waals surface area contributed by atoms with Crippen LogP contribution >= 0.6 is 0 Å². The molecule has 1 aromatic heterocycles. The van der Waals surface area contributed by atoms with E-state index in [4.69, 9.17) is 4.42 Å². The lowest BCUT2D eigenvalue weighted by atomic mass is 10.0. The molecule has 1 amide bonds. The van der Waals surface area contributed by atoms with E-state index in [1.807, 2.05) is 6.07 Å². The van der Waals surface area contributed by atoms with E-state index in [2.05, 4.69) is 0 Å². The highest BCUT2D eigenvalue weighted by molar-refractivity contribution is 5.91. The second-order valence-electron chi connectivity index (χ2n) is 4.69. The second-order valence-corrected chi connectivity index (χ2v) is 4.69. The Labute approximate surface area is 110 Å². The van der Waals surface area contributed by atoms with Crippen LogP contribution in [-0.4, -0.2) is 17.4 Å². The molecule has 0 N–H and O–H groups in total. The lowest BCUT2D eigenvalue weighted by Crippen LogP contribution is -2.30. The van der Waals surface area contributed by atoms with Crippen LogP contribution in [0.15, 0.2) is 47.1 Å². The number of hydrogen-bond donors (Lipinski definition) is 0. The van der Waals surface area contributed by atoms with Gasteiger partial charge in [-0.25, -0.2) is 4.39 Å². The van der Waals surface area contributed by atoms with Crippen LogP contribution in [0.3, 0.4) is 0 Å². The van der Waals surface area contributed by atoms with Crippen molar-refractivity contribution < 1.29 is 13.6 Å². The average Bonchev–Trinajstić information content (AvgIpc) is 3.09. The first-order valence-electron chi connectivity index (χ1n) is 6.35. The molecular weight excluding hydrogens is 245 g/mol. The van der Waals surface area contributed by atoms with E-state index >= 15 is 0 Å². The molecule has 0 unspecified atom stereocenters. The third-order valence-electron chi connectivity index (χ3n) is 3.48. The minimum atomic E-state index is -0.269. The molecule has 3 rings (SSSR count). The van der Waals surface area contributed by atoms with Crippen LogP contribution < -0.4 is 0 Å². The molecule has 0 aliphatic carbocycles. The summed E-state index contributed by atoms with van der Waals surface area (Å²) in [7, 11) is 0. The molecular formula is C15H14FNO2. The zero-order chi connectivity index (χ0) is 13.2. The molecule has 1 saturated heterocycles. The van der Waals surface area contributed by atoms with Gasteiger partial charge in [0.2, 0.25) is 0 Å². The van der Waals surface area contributed by atoms with Gasteiger partial charge in [0.1, 0.15) is 5.82 Å². The quantitative estimate of drug-likeness (QED) is 0.828. The number of carbonyl (C=O) groups excluding carboxylic acids is 1. The number of halogens is 1. The SMILES string of the molecule is O=C(c1ccco1)N1CCC[C@H]1c1cccc(F)c1. The summed E-state index contributed by atoms with van der Waals surface area (Å²) < 4.78 is 18.5. The van der Waals surface area contributed by atoms with Crippen molar-refractivity contribution in [3.05, 3.63) is 59.8 Å². The van der Waals surface area contributed by atoms with E-state index in [0.717, 1.165) is 18.4 Å². The fraction of sp³-hybridized carbons (Fsp3) is 0.267. The number of carbonyl (C=O) groups is 1. The highest BCUT2D eigenvalue weighted by atomic mass is 19.1. The first kappa shape index (κ1) is 12.0. The van der Waals surface area contributed by atoms with Crippen LogP contribution in [0, 0.1) is 5.82 Å². The predicted octanol–water partition coefficient (Wildman–Crippen LogP) is 3.40. The van der Waals surface area contributed by atoms with Crippen molar-refractivity contribution >= 4 is 5.91 Å². The Kier molecular flexibility index (Phi) is 3.07. The standard InChI is InChI=1S/C15H14FNO2/c16-12-5-1-4-11(10-12)13-6-2-8-17(13)15(18)14-7-3-9-19-14/h1,3-5,7,9-10,13H,2,6,8H2/t13-/m0/s1. The largest absolute Gasteiger partial charge is 0.459 e. The Morgan fingerprint density at radius 3 is 2.95 bits per heavy atom. The molecule has 3 nitrogen and oxygen atoms in total. The second kappa shape index (κ2) is 4.88. The Morgan fingerprint density at radius 1 is 1.32 bits per heavy atom. The minimum absolute atomic E-state index is 0.0618. The van der Waals surface area contributed by atoms with Crippen molar-refractivity contribution in [1.29, 1.82) is 0 Å². The van der Waals surface area contributed by atoms with E-state index in [1.165, 1.54) is 18.4 Å². The maximum absolute atomic E-state index is 13.3. The lowest BCUT2D eigenvalue weighted by molar-refractivity contribution is 0.0703. The van der Waals surface area contributed by atoms with E-state index in [0.29, 0.717) is 12.3 Å². The third kappa shape index (κ3) is 2.26. The van der Waals surface area contributed by atoms with Gasteiger partial charge in [0.05, 0.1) is 12.3 Å². The summed E-state index contributed by atoms with van der Waals surface area (Å²) in [4.78, 5) is 14.1. The molecule has 98 valence electrons. The maximum atomic E-state index is 13.3. The summed E-state index contributed by atoms with van der Waals surface area (Å²) in [6, 6.07) is 9.74. The van der Waals surface area contributed by atoms with E-state index in [-0.39, 0.29) is 17.8 Å². The van der Waals surface area contributed by atoms with Gasteiger partial charge < -0.3 is 9.32 Å². The number of nitrogens with zero attached hydrogens (tertiary/aromatic N) is 1. The van der Waals surface area contributed by atoms with E-state index < -0.39 is 0 Å². The molecule has 1 atom stereocenters. The Hall–Kier alpha value is -2.10. The number of rotatable bonds is 2. The number of hydrogen-bond acceptors (Lipinski definition) is 2. The molecule has 4 heteroatoms. The van der Waals surface area contributed by atoms with Gasteiger partial charge in [-0.2, -0.15) is 0 Å². The zero-order valence-corrected chi connectivity index (χ0v) is 10.4. The molecule has 2 heterocycles. The lowest BCUT2D eigenvalue weighted by Gasteiger charge is -2.24. The molecule has 0 radical (unpaired) electrons. The summed E-state index contributed by atoms with van der Waals surface area (Å²) in [5.74, 6) is -0.0603. The Bertz CT molecular complexity index is 580. The molecule has 0 bridgehead atoms. The Morgan fingerprint density at radius 2 is 2.21 bits per heavy atom. The summed E-state index contributed by atoms with van der Waals surface area (Å²) in [6.07, 6.45) is 3.27. The van der Waals surface area contributed by atoms with Gasteiger partial charge in [0, 0.05) is 6.54 Å². The average molecular weight is 259 g/mol. The number of amides is 1. The van der Waals surface area contributed by atoms with Crippen LogP contribution in [0.1, 0.15) is 35.0 Å². The highest BCUT2D eigenvalue weighted by Gasteiger charge is 2.31. The van der Waals surface area contributed by atoms with Gasteiger partial charge in [-0.3, -0.25) is 4.79 Å². The smallest absolute Gasteiger partial charge is 0.290 e. The van der Waals surface area contributed by atoms with Crippen molar-refractivity contribution in [3.8, 4) is 0 Å². The van der Waals surface area contributed by atoms with Gasteiger partial charge in [-0.05, 0) is 42.7 Å². The third-order valence-corrected chi connectivity index (χ3v) is 3.48. The normalized spacial score (nSPS) is 18.8. The topological polar surface area (TPSA) is 33.5 Å². The van der Waals surface area contributed by atoms with Gasteiger partial charge in [0.15, 0.2) is 5.76 Å². The van der Waals surface area contributed by atoms with Crippen LogP contribution in [-0.2, 0) is 0 Å². The number of furan rings is 1. The number of likely N-dealkylation sites (tertiary alicyclic amines) is 1. The van der Waals surface area contributed by atoms with Crippen LogP contribution in [0.2, 0.25) is 0 Å². The monoisotopic (exact) mass is 259 g/mol. The Balaban J connectivity index is 1.88. The molecule has 19 heavy (non-hydrogen) atoms.